The maximum atomic E-state index is 13.3. The Kier molecular flexibility index (Phi) is 5.37. The van der Waals surface area contributed by atoms with E-state index in [4.69, 9.17) is 0 Å². The molecule has 0 saturated heterocycles. The van der Waals surface area contributed by atoms with E-state index in [2.05, 4.69) is 9.71 Å². The molecule has 0 unspecified atom stereocenters. The molecule has 0 atom stereocenters. The molecule has 2 aromatic carbocycles. The minimum Gasteiger partial charge on any atom is -0.324 e. The highest BCUT2D eigenvalue weighted by Crippen LogP contribution is 2.32. The quantitative estimate of drug-likeness (QED) is 0.500. The Labute approximate surface area is 185 Å². The van der Waals surface area contributed by atoms with E-state index in [0.29, 0.717) is 29.1 Å². The van der Waals surface area contributed by atoms with Crippen molar-refractivity contribution in [3.63, 3.8) is 0 Å². The van der Waals surface area contributed by atoms with E-state index in [1.807, 2.05) is 17.6 Å². The lowest BCUT2D eigenvalue weighted by molar-refractivity contribution is 0.607. The summed E-state index contributed by atoms with van der Waals surface area (Å²) >= 11 is 0. The highest BCUT2D eigenvalue weighted by molar-refractivity contribution is 7.92. The number of aromatic nitrogens is 3. The molecule has 0 amide bonds. The van der Waals surface area contributed by atoms with Gasteiger partial charge in [-0.3, -0.25) is 9.52 Å². The molecular weight excluding hydrogens is 431 g/mol. The largest absolute Gasteiger partial charge is 0.324 e. The summed E-state index contributed by atoms with van der Waals surface area (Å²) in [5, 5.41) is 0. The number of benzene rings is 2. The molecule has 2 aromatic heterocycles. The lowest BCUT2D eigenvalue weighted by atomic mass is 10.0. The third-order valence-electron chi connectivity index (χ3n) is 5.29. The fourth-order valence-corrected chi connectivity index (χ4v) is 4.35. The van der Waals surface area contributed by atoms with Gasteiger partial charge in [-0.25, -0.2) is 17.8 Å². The van der Waals surface area contributed by atoms with Gasteiger partial charge >= 0.3 is 0 Å². The molecule has 7 nitrogen and oxygen atoms in total. The number of rotatable bonds is 5. The van der Waals surface area contributed by atoms with Gasteiger partial charge in [0.15, 0.2) is 0 Å². The van der Waals surface area contributed by atoms with Gasteiger partial charge in [-0.1, -0.05) is 12.1 Å². The van der Waals surface area contributed by atoms with E-state index >= 15 is 0 Å². The van der Waals surface area contributed by atoms with E-state index in [1.54, 1.807) is 44.4 Å². The molecular formula is C23H23FN4O3S. The fourth-order valence-electron chi connectivity index (χ4n) is 3.79. The summed E-state index contributed by atoms with van der Waals surface area (Å²) in [6.07, 6.45) is 2.80. The SMILES string of the molecule is Cc1cc(-c2cc(NS(C)(=O)=O)c3nc(C)n(Cc4ccc(F)cc4)c3c2)cn(C)c1=O. The first kappa shape index (κ1) is 21.8. The number of hydrogen-bond acceptors (Lipinski definition) is 4. The van der Waals surface area contributed by atoms with Gasteiger partial charge in [0.2, 0.25) is 10.0 Å². The van der Waals surface area contributed by atoms with E-state index in [0.717, 1.165) is 28.5 Å². The van der Waals surface area contributed by atoms with Gasteiger partial charge in [0, 0.05) is 25.4 Å². The highest BCUT2D eigenvalue weighted by Gasteiger charge is 2.17. The van der Waals surface area contributed by atoms with Crippen LogP contribution in [-0.4, -0.2) is 28.8 Å². The van der Waals surface area contributed by atoms with Gasteiger partial charge in [-0.2, -0.15) is 0 Å². The third-order valence-corrected chi connectivity index (χ3v) is 5.88. The predicted octanol–water partition coefficient (Wildman–Crippen LogP) is 3.58. The van der Waals surface area contributed by atoms with Gasteiger partial charge in [0.05, 0.1) is 17.5 Å². The summed E-state index contributed by atoms with van der Waals surface area (Å²) in [5.41, 5.74) is 4.47. The summed E-state index contributed by atoms with van der Waals surface area (Å²) in [6, 6.07) is 11.6. The Morgan fingerprint density at radius 2 is 1.75 bits per heavy atom. The first-order valence-corrected chi connectivity index (χ1v) is 11.8. The summed E-state index contributed by atoms with van der Waals surface area (Å²) in [5.74, 6) is 0.377. The Hall–Kier alpha value is -3.46. The highest BCUT2D eigenvalue weighted by atomic mass is 32.2. The first-order chi connectivity index (χ1) is 15.0. The second kappa shape index (κ2) is 7.90. The number of sulfonamides is 1. The molecule has 0 aliphatic heterocycles. The smallest absolute Gasteiger partial charge is 0.253 e. The van der Waals surface area contributed by atoms with E-state index in [1.165, 1.54) is 16.7 Å². The molecule has 0 saturated carbocycles. The lowest BCUT2D eigenvalue weighted by Crippen LogP contribution is -2.18. The number of imidazole rings is 1. The Balaban J connectivity index is 1.95. The van der Waals surface area contributed by atoms with E-state index in [-0.39, 0.29) is 11.4 Å². The summed E-state index contributed by atoms with van der Waals surface area (Å²) in [6.45, 7) is 4.02. The van der Waals surface area contributed by atoms with Crippen LogP contribution < -0.4 is 10.3 Å². The van der Waals surface area contributed by atoms with Crippen molar-refractivity contribution in [1.82, 2.24) is 14.1 Å². The van der Waals surface area contributed by atoms with E-state index < -0.39 is 10.0 Å². The molecule has 0 radical (unpaired) electrons. The van der Waals surface area contributed by atoms with Crippen LogP contribution in [0.15, 0.2) is 53.5 Å². The number of pyridine rings is 1. The van der Waals surface area contributed by atoms with Crippen molar-refractivity contribution in [3.05, 3.63) is 81.8 Å². The van der Waals surface area contributed by atoms with Crippen LogP contribution in [0.25, 0.3) is 22.2 Å². The molecule has 32 heavy (non-hydrogen) atoms. The van der Waals surface area contributed by atoms with Gasteiger partial charge in [-0.05, 0) is 60.9 Å². The predicted molar refractivity (Wildman–Crippen MR) is 124 cm³/mol. The molecule has 0 fully saturated rings. The van der Waals surface area contributed by atoms with Crippen molar-refractivity contribution in [2.24, 2.45) is 7.05 Å². The van der Waals surface area contributed by atoms with Gasteiger partial charge in [0.1, 0.15) is 17.2 Å². The molecule has 166 valence electrons. The average Bonchev–Trinajstić information content (AvgIpc) is 3.02. The van der Waals surface area contributed by atoms with Gasteiger partial charge in [0.25, 0.3) is 5.56 Å². The third kappa shape index (κ3) is 4.29. The molecule has 2 heterocycles. The molecule has 0 bridgehead atoms. The van der Waals surface area contributed by atoms with Crippen molar-refractivity contribution in [1.29, 1.82) is 0 Å². The zero-order valence-electron chi connectivity index (χ0n) is 18.2. The van der Waals surface area contributed by atoms with Crippen molar-refractivity contribution in [2.45, 2.75) is 20.4 Å². The number of anilines is 1. The molecule has 9 heteroatoms. The molecule has 0 aliphatic carbocycles. The van der Waals surface area contributed by atoms with Crippen LogP contribution >= 0.6 is 0 Å². The Morgan fingerprint density at radius 3 is 2.38 bits per heavy atom. The minimum absolute atomic E-state index is 0.0958. The van der Waals surface area contributed by atoms with Crippen LogP contribution in [0.2, 0.25) is 0 Å². The Bertz CT molecular complexity index is 1480. The summed E-state index contributed by atoms with van der Waals surface area (Å²) in [7, 11) is -1.88. The zero-order valence-corrected chi connectivity index (χ0v) is 19.0. The number of nitrogens with one attached hydrogen (secondary N) is 1. The van der Waals surface area contributed by atoms with Crippen molar-refractivity contribution in [3.8, 4) is 11.1 Å². The molecule has 0 spiro atoms. The van der Waals surface area contributed by atoms with Crippen LogP contribution in [-0.2, 0) is 23.6 Å². The lowest BCUT2D eigenvalue weighted by Gasteiger charge is -2.12. The molecule has 1 N–H and O–H groups in total. The number of aryl methyl sites for hydroxylation is 3. The fraction of sp³-hybridized carbons (Fsp3) is 0.217. The number of halogens is 1. The van der Waals surface area contributed by atoms with Crippen molar-refractivity contribution in [2.75, 3.05) is 11.0 Å². The number of hydrogen-bond donors (Lipinski definition) is 1. The van der Waals surface area contributed by atoms with Crippen molar-refractivity contribution < 1.29 is 12.8 Å². The molecule has 4 aromatic rings. The van der Waals surface area contributed by atoms with Crippen molar-refractivity contribution >= 4 is 26.7 Å². The summed E-state index contributed by atoms with van der Waals surface area (Å²) < 4.78 is 43.4. The van der Waals surface area contributed by atoms with Crippen LogP contribution in [0, 0.1) is 19.7 Å². The second-order valence-corrected chi connectivity index (χ2v) is 9.71. The normalized spacial score (nSPS) is 11.8. The number of fused-ring (bicyclic) bond motifs is 1. The van der Waals surface area contributed by atoms with Crippen LogP contribution in [0.5, 0.6) is 0 Å². The van der Waals surface area contributed by atoms with Crippen LogP contribution in [0.4, 0.5) is 10.1 Å². The zero-order chi connectivity index (χ0) is 23.2. The monoisotopic (exact) mass is 454 g/mol. The minimum atomic E-state index is -3.55. The maximum absolute atomic E-state index is 13.3. The van der Waals surface area contributed by atoms with Crippen LogP contribution in [0.3, 0.4) is 0 Å². The molecule has 4 rings (SSSR count). The number of nitrogens with zero attached hydrogens (tertiary/aromatic N) is 3. The standard InChI is InChI=1S/C23H23FN4O3S/c1-14-9-18(13-27(3)23(14)29)17-10-20(26-32(4,30)31)22-21(11-17)28(15(2)25-22)12-16-5-7-19(24)8-6-16/h5-11,13,26H,12H2,1-4H3. The van der Waals surface area contributed by atoms with Gasteiger partial charge < -0.3 is 9.13 Å². The molecule has 0 aliphatic rings. The topological polar surface area (TPSA) is 86.0 Å². The second-order valence-electron chi connectivity index (χ2n) is 7.97. The Morgan fingerprint density at radius 1 is 1.06 bits per heavy atom. The van der Waals surface area contributed by atoms with Crippen LogP contribution in [0.1, 0.15) is 17.0 Å². The van der Waals surface area contributed by atoms with Gasteiger partial charge in [-0.15, -0.1) is 0 Å². The maximum Gasteiger partial charge on any atom is 0.253 e. The van der Waals surface area contributed by atoms with E-state index in [9.17, 15) is 17.6 Å². The first-order valence-electron chi connectivity index (χ1n) is 9.92. The average molecular weight is 455 g/mol. The summed E-state index contributed by atoms with van der Waals surface area (Å²) in [4.78, 5) is 16.7.